The van der Waals surface area contributed by atoms with E-state index in [-0.39, 0.29) is 49.4 Å². The van der Waals surface area contributed by atoms with Gasteiger partial charge in [-0.25, -0.2) is 13.4 Å². The first-order chi connectivity index (χ1) is 21.2. The first-order valence-corrected chi connectivity index (χ1v) is 16.7. The lowest BCUT2D eigenvalue weighted by Crippen LogP contribution is -2.60. The van der Waals surface area contributed by atoms with Gasteiger partial charge in [0.2, 0.25) is 12.7 Å². The first-order valence-electron chi connectivity index (χ1n) is 15.1. The fraction of sp³-hybridized carbons (Fsp3) is 0.562. The monoisotopic (exact) mass is 648 g/mol. The van der Waals surface area contributed by atoms with Crippen molar-refractivity contribution in [3.05, 3.63) is 54.1 Å². The molecule has 1 unspecified atom stereocenters. The van der Waals surface area contributed by atoms with Crippen LogP contribution in [0, 0.1) is 11.3 Å². The normalized spacial score (nSPS) is 15.0. The van der Waals surface area contributed by atoms with Gasteiger partial charge in [-0.15, -0.1) is 0 Å². The summed E-state index contributed by atoms with van der Waals surface area (Å²) >= 11 is 0. The van der Waals surface area contributed by atoms with Crippen LogP contribution < -0.4 is 25.5 Å². The Morgan fingerprint density at radius 1 is 1.07 bits per heavy atom. The number of benzene rings is 2. The fourth-order valence-corrected chi connectivity index (χ4v) is 6.81. The van der Waals surface area contributed by atoms with Crippen LogP contribution in [0.1, 0.15) is 46.6 Å². The number of rotatable bonds is 16. The summed E-state index contributed by atoms with van der Waals surface area (Å²) in [6, 6.07) is 12.8. The lowest BCUT2D eigenvalue weighted by molar-refractivity contribution is -0.149. The SMILES string of the molecule is COCCNCC(=O)NN(C(=O)CC(C)(C)C)[C@@H](Cc1ccccc1)[C@H](O)CNC(C(C)C)S(=O)(=O)c1ccc2c(c1)OCO2. The van der Waals surface area contributed by atoms with Gasteiger partial charge in [0.15, 0.2) is 21.3 Å². The maximum absolute atomic E-state index is 13.8. The van der Waals surface area contributed by atoms with E-state index in [0.29, 0.717) is 24.7 Å². The Morgan fingerprint density at radius 2 is 1.76 bits per heavy atom. The molecular formula is C32H48N4O8S. The number of fused-ring (bicyclic) bond motifs is 1. The molecule has 0 saturated carbocycles. The second-order valence-corrected chi connectivity index (χ2v) is 14.7. The molecule has 0 aromatic heterocycles. The number of hydrazine groups is 1. The average molecular weight is 649 g/mol. The molecule has 0 saturated heterocycles. The van der Waals surface area contributed by atoms with Crippen molar-refractivity contribution in [1.29, 1.82) is 0 Å². The highest BCUT2D eigenvalue weighted by Crippen LogP contribution is 2.35. The zero-order chi connectivity index (χ0) is 33.2. The predicted octanol–water partition coefficient (Wildman–Crippen LogP) is 2.26. The van der Waals surface area contributed by atoms with E-state index in [1.807, 2.05) is 51.1 Å². The molecule has 0 radical (unpaired) electrons. The number of amides is 2. The van der Waals surface area contributed by atoms with Crippen molar-refractivity contribution in [2.24, 2.45) is 11.3 Å². The summed E-state index contributed by atoms with van der Waals surface area (Å²) in [7, 11) is -2.37. The molecule has 13 heteroatoms. The van der Waals surface area contributed by atoms with Gasteiger partial charge in [-0.3, -0.25) is 20.3 Å². The fourth-order valence-electron chi connectivity index (χ4n) is 4.95. The number of sulfone groups is 1. The highest BCUT2D eigenvalue weighted by atomic mass is 32.2. The number of aliphatic hydroxyl groups excluding tert-OH is 1. The second-order valence-electron chi connectivity index (χ2n) is 12.7. The minimum atomic E-state index is -3.92. The maximum Gasteiger partial charge on any atom is 0.252 e. The summed E-state index contributed by atoms with van der Waals surface area (Å²) in [4.78, 5) is 26.8. The van der Waals surface area contributed by atoms with Crippen molar-refractivity contribution < 1.29 is 37.3 Å². The average Bonchev–Trinajstić information content (AvgIpc) is 3.45. The standard InChI is InChI=1S/C32H48N4O8S/c1-22(2)31(45(40,41)24-12-13-27-28(17-24)44-21-43-27)34-19-26(37)25(16-23-10-8-7-9-11-23)36(30(39)18-32(3,4)5)35-29(38)20-33-14-15-42-6/h7-13,17,22,25-26,31,33-34,37H,14-16,18-21H2,1-6H3,(H,35,38)/t25-,26+,31?/m0/s1. The number of ether oxygens (including phenoxy) is 3. The van der Waals surface area contributed by atoms with Gasteiger partial charge in [0.25, 0.3) is 5.91 Å². The summed E-state index contributed by atoms with van der Waals surface area (Å²) in [5.74, 6) is -0.394. The third kappa shape index (κ3) is 10.7. The molecule has 4 N–H and O–H groups in total. The van der Waals surface area contributed by atoms with Crippen LogP contribution in [0.3, 0.4) is 0 Å². The molecule has 45 heavy (non-hydrogen) atoms. The van der Waals surface area contributed by atoms with Crippen molar-refractivity contribution in [3.63, 3.8) is 0 Å². The third-order valence-corrected chi connectivity index (χ3v) is 9.46. The van der Waals surface area contributed by atoms with Gasteiger partial charge in [0.1, 0.15) is 5.37 Å². The van der Waals surface area contributed by atoms with E-state index in [1.165, 1.54) is 17.1 Å². The van der Waals surface area contributed by atoms with Gasteiger partial charge in [-0.05, 0) is 35.4 Å². The zero-order valence-electron chi connectivity index (χ0n) is 27.0. The molecule has 1 aliphatic rings. The summed E-state index contributed by atoms with van der Waals surface area (Å²) in [6.07, 6.45) is -0.953. The van der Waals surface area contributed by atoms with E-state index in [1.54, 1.807) is 27.0 Å². The molecule has 3 atom stereocenters. The number of nitrogens with one attached hydrogen (secondary N) is 3. The van der Waals surface area contributed by atoms with Crippen LogP contribution in [-0.2, 0) is 30.6 Å². The molecule has 1 heterocycles. The maximum atomic E-state index is 13.8. The molecule has 250 valence electrons. The molecule has 1 aliphatic heterocycles. The van der Waals surface area contributed by atoms with Gasteiger partial charge < -0.3 is 24.6 Å². The molecule has 0 bridgehead atoms. The molecular weight excluding hydrogens is 600 g/mol. The Bertz CT molecular complexity index is 1360. The summed E-state index contributed by atoms with van der Waals surface area (Å²) < 4.78 is 43.2. The zero-order valence-corrected chi connectivity index (χ0v) is 27.9. The summed E-state index contributed by atoms with van der Waals surface area (Å²) in [5.41, 5.74) is 3.14. The Hall–Kier alpha value is -3.23. The van der Waals surface area contributed by atoms with Crippen LogP contribution in [0.4, 0.5) is 0 Å². The minimum absolute atomic E-state index is 0.0177. The van der Waals surface area contributed by atoms with E-state index >= 15 is 0 Å². The molecule has 0 spiro atoms. The van der Waals surface area contributed by atoms with Gasteiger partial charge >= 0.3 is 0 Å². The van der Waals surface area contributed by atoms with Crippen LogP contribution in [-0.4, -0.2) is 88.0 Å². The van der Waals surface area contributed by atoms with Crippen LogP contribution >= 0.6 is 0 Å². The minimum Gasteiger partial charge on any atom is -0.454 e. The van der Waals surface area contributed by atoms with E-state index in [0.717, 1.165) is 5.56 Å². The molecule has 3 rings (SSSR count). The Morgan fingerprint density at radius 3 is 2.40 bits per heavy atom. The first kappa shape index (κ1) is 36.2. The van der Waals surface area contributed by atoms with Gasteiger partial charge in [0.05, 0.1) is 30.2 Å². The van der Waals surface area contributed by atoms with Gasteiger partial charge in [-0.1, -0.05) is 65.0 Å². The second kappa shape index (κ2) is 16.4. The number of nitrogens with zero attached hydrogens (tertiary/aromatic N) is 1. The number of methoxy groups -OCH3 is 1. The van der Waals surface area contributed by atoms with Crippen LogP contribution in [0.15, 0.2) is 53.4 Å². The van der Waals surface area contributed by atoms with E-state index in [2.05, 4.69) is 16.1 Å². The van der Waals surface area contributed by atoms with Crippen LogP contribution in [0.25, 0.3) is 0 Å². The molecule has 0 aliphatic carbocycles. The van der Waals surface area contributed by atoms with Crippen molar-refractivity contribution in [2.75, 3.05) is 40.1 Å². The number of aliphatic hydroxyl groups is 1. The molecule has 12 nitrogen and oxygen atoms in total. The van der Waals surface area contributed by atoms with Gasteiger partial charge in [0, 0.05) is 32.7 Å². The van der Waals surface area contributed by atoms with E-state index in [4.69, 9.17) is 14.2 Å². The summed E-state index contributed by atoms with van der Waals surface area (Å²) in [5, 5.41) is 17.8. The summed E-state index contributed by atoms with van der Waals surface area (Å²) in [6.45, 7) is 9.90. The van der Waals surface area contributed by atoms with Crippen molar-refractivity contribution in [1.82, 2.24) is 21.1 Å². The number of hydrogen-bond donors (Lipinski definition) is 4. The van der Waals surface area contributed by atoms with Crippen molar-refractivity contribution in [3.8, 4) is 11.5 Å². The van der Waals surface area contributed by atoms with E-state index < -0.39 is 38.7 Å². The van der Waals surface area contributed by atoms with Crippen molar-refractivity contribution >= 4 is 21.7 Å². The number of carbonyl (C=O) groups excluding carboxylic acids is 2. The Balaban J connectivity index is 1.88. The lowest BCUT2D eigenvalue weighted by Gasteiger charge is -2.37. The van der Waals surface area contributed by atoms with Gasteiger partial charge in [-0.2, -0.15) is 0 Å². The van der Waals surface area contributed by atoms with E-state index in [9.17, 15) is 23.1 Å². The topological polar surface area (TPSA) is 156 Å². The van der Waals surface area contributed by atoms with Crippen LogP contribution in [0.2, 0.25) is 0 Å². The highest BCUT2D eigenvalue weighted by Gasteiger charge is 2.36. The largest absolute Gasteiger partial charge is 0.454 e. The quantitative estimate of drug-likeness (QED) is 0.157. The number of carbonyl (C=O) groups is 2. The number of hydrogen-bond acceptors (Lipinski definition) is 10. The Kier molecular flexibility index (Phi) is 13.2. The smallest absolute Gasteiger partial charge is 0.252 e. The third-order valence-electron chi connectivity index (χ3n) is 7.17. The lowest BCUT2D eigenvalue weighted by atomic mass is 9.91. The highest BCUT2D eigenvalue weighted by molar-refractivity contribution is 7.92. The molecule has 2 aromatic carbocycles. The Labute approximate surface area is 266 Å². The van der Waals surface area contributed by atoms with Crippen molar-refractivity contribution in [2.45, 2.75) is 69.9 Å². The molecule has 2 amide bonds. The van der Waals surface area contributed by atoms with Crippen LogP contribution in [0.5, 0.6) is 11.5 Å². The molecule has 2 aromatic rings. The predicted molar refractivity (Wildman–Crippen MR) is 170 cm³/mol. The molecule has 0 fully saturated rings.